The molecule has 0 bridgehead atoms. The number of hydrogen-bond donors (Lipinski definition) is 0. The summed E-state index contributed by atoms with van der Waals surface area (Å²) in [5.41, 5.74) is 3.07. The van der Waals surface area contributed by atoms with Gasteiger partial charge in [0.15, 0.2) is 0 Å². The zero-order chi connectivity index (χ0) is 24.1. The molecule has 0 heterocycles. The Hall–Kier alpha value is -0.860. The van der Waals surface area contributed by atoms with Crippen LogP contribution in [0.3, 0.4) is 0 Å². The first-order chi connectivity index (χ1) is 16.8. The Morgan fingerprint density at radius 1 is 0.412 bits per heavy atom. The largest absolute Gasteiger partial charge is 0.0654 e. The molecule has 0 aromatic heterocycles. The quantitative estimate of drug-likeness (QED) is 0.124. The van der Waals surface area contributed by atoms with Crippen LogP contribution in [0.2, 0.25) is 0 Å². The lowest BCUT2D eigenvalue weighted by molar-refractivity contribution is 0.574. The van der Waals surface area contributed by atoms with Gasteiger partial charge >= 0.3 is 0 Å². The standard InChI is InChI=1S/C32H50S2/c1-3-5-7-9-11-13-15-17-23-29-25-19-21-27-31(29)33-34-32-28-22-20-26-30(32)24-18-16-14-12-10-8-6-4-2/h19-22,25-28H,3-18,23-24H2,1-2H3. The molecule has 2 aromatic rings. The van der Waals surface area contributed by atoms with Crippen LogP contribution in [0.15, 0.2) is 58.3 Å². The van der Waals surface area contributed by atoms with Crippen molar-refractivity contribution in [2.75, 3.05) is 0 Å². The van der Waals surface area contributed by atoms with E-state index in [1.54, 1.807) is 0 Å². The normalized spacial score (nSPS) is 11.2. The van der Waals surface area contributed by atoms with Crippen LogP contribution >= 0.6 is 21.6 Å². The van der Waals surface area contributed by atoms with Crippen molar-refractivity contribution in [2.24, 2.45) is 0 Å². The highest BCUT2D eigenvalue weighted by molar-refractivity contribution is 8.76. The van der Waals surface area contributed by atoms with E-state index in [1.807, 2.05) is 21.6 Å². The van der Waals surface area contributed by atoms with E-state index in [2.05, 4.69) is 62.4 Å². The molecule has 0 unspecified atom stereocenters. The van der Waals surface area contributed by atoms with Gasteiger partial charge in [-0.1, -0.05) is 162 Å². The Labute approximate surface area is 219 Å². The van der Waals surface area contributed by atoms with Crippen LogP contribution in [0.25, 0.3) is 0 Å². The number of unbranched alkanes of at least 4 members (excludes halogenated alkanes) is 14. The van der Waals surface area contributed by atoms with Crippen molar-refractivity contribution in [1.29, 1.82) is 0 Å². The summed E-state index contributed by atoms with van der Waals surface area (Å²) in [5, 5.41) is 0. The van der Waals surface area contributed by atoms with Gasteiger partial charge < -0.3 is 0 Å². The van der Waals surface area contributed by atoms with Gasteiger partial charge in [0.2, 0.25) is 0 Å². The highest BCUT2D eigenvalue weighted by Gasteiger charge is 2.07. The lowest BCUT2D eigenvalue weighted by atomic mass is 10.0. The summed E-state index contributed by atoms with van der Waals surface area (Å²) < 4.78 is 0. The maximum absolute atomic E-state index is 2.34. The van der Waals surface area contributed by atoms with Gasteiger partial charge in [-0.2, -0.15) is 0 Å². The second-order valence-corrected chi connectivity index (χ2v) is 12.0. The first-order valence-electron chi connectivity index (χ1n) is 14.4. The van der Waals surface area contributed by atoms with Gasteiger partial charge in [-0.25, -0.2) is 0 Å². The van der Waals surface area contributed by atoms with Crippen LogP contribution in [-0.2, 0) is 12.8 Å². The molecule has 0 aliphatic heterocycles. The SMILES string of the molecule is CCCCCCCCCCc1ccccc1SSc1ccccc1CCCCCCCCCC. The van der Waals surface area contributed by atoms with Crippen molar-refractivity contribution in [1.82, 2.24) is 0 Å². The summed E-state index contributed by atoms with van der Waals surface area (Å²) in [6.45, 7) is 4.59. The Balaban J connectivity index is 1.71. The molecule has 2 rings (SSSR count). The van der Waals surface area contributed by atoms with Gasteiger partial charge in [0, 0.05) is 9.79 Å². The lowest BCUT2D eigenvalue weighted by Gasteiger charge is -2.11. The minimum atomic E-state index is 1.22. The van der Waals surface area contributed by atoms with E-state index in [0.717, 1.165) is 0 Å². The molecule has 0 aliphatic carbocycles. The van der Waals surface area contributed by atoms with E-state index in [9.17, 15) is 0 Å². The molecule has 0 saturated heterocycles. The van der Waals surface area contributed by atoms with Gasteiger partial charge in [-0.15, -0.1) is 0 Å². The van der Waals surface area contributed by atoms with Crippen LogP contribution in [0, 0.1) is 0 Å². The summed E-state index contributed by atoms with van der Waals surface area (Å²) in [5.74, 6) is 0. The van der Waals surface area contributed by atoms with Gasteiger partial charge in [0.25, 0.3) is 0 Å². The molecule has 0 spiro atoms. The predicted molar refractivity (Wildman–Crippen MR) is 157 cm³/mol. The van der Waals surface area contributed by atoms with Crippen LogP contribution < -0.4 is 0 Å². The molecule has 0 nitrogen and oxygen atoms in total. The molecular weight excluding hydrogens is 448 g/mol. The number of rotatable bonds is 21. The fraction of sp³-hybridized carbons (Fsp3) is 0.625. The zero-order valence-electron chi connectivity index (χ0n) is 22.2. The third-order valence-electron chi connectivity index (χ3n) is 6.77. The van der Waals surface area contributed by atoms with Gasteiger partial charge in [-0.3, -0.25) is 0 Å². The highest BCUT2D eigenvalue weighted by Crippen LogP contribution is 2.41. The third-order valence-corrected chi connectivity index (χ3v) is 9.33. The van der Waals surface area contributed by atoms with E-state index in [1.165, 1.54) is 136 Å². The molecule has 2 aromatic carbocycles. The van der Waals surface area contributed by atoms with Gasteiger partial charge in [-0.05, 0) is 48.9 Å². The highest BCUT2D eigenvalue weighted by atomic mass is 33.1. The Bertz CT molecular complexity index is 676. The van der Waals surface area contributed by atoms with E-state index in [-0.39, 0.29) is 0 Å². The fourth-order valence-corrected chi connectivity index (χ4v) is 7.09. The first-order valence-corrected chi connectivity index (χ1v) is 16.5. The molecule has 0 fully saturated rings. The van der Waals surface area contributed by atoms with Crippen LogP contribution in [0.1, 0.15) is 128 Å². The molecule has 34 heavy (non-hydrogen) atoms. The average Bonchev–Trinajstić information content (AvgIpc) is 2.87. The minimum Gasteiger partial charge on any atom is -0.0654 e. The maximum atomic E-state index is 2.34. The topological polar surface area (TPSA) is 0 Å². The zero-order valence-corrected chi connectivity index (χ0v) is 23.8. The molecule has 0 atom stereocenters. The van der Waals surface area contributed by atoms with E-state index in [0.29, 0.717) is 0 Å². The van der Waals surface area contributed by atoms with Gasteiger partial charge in [0.1, 0.15) is 0 Å². The van der Waals surface area contributed by atoms with Crippen LogP contribution in [-0.4, -0.2) is 0 Å². The van der Waals surface area contributed by atoms with E-state index in [4.69, 9.17) is 0 Å². The van der Waals surface area contributed by atoms with Crippen molar-refractivity contribution in [3.63, 3.8) is 0 Å². The van der Waals surface area contributed by atoms with E-state index < -0.39 is 0 Å². The molecule has 0 aliphatic rings. The third kappa shape index (κ3) is 13.3. The molecule has 0 N–H and O–H groups in total. The molecule has 190 valence electrons. The van der Waals surface area contributed by atoms with Crippen molar-refractivity contribution < 1.29 is 0 Å². The van der Waals surface area contributed by atoms with Crippen molar-refractivity contribution in [3.8, 4) is 0 Å². The first kappa shape index (κ1) is 29.4. The van der Waals surface area contributed by atoms with Crippen molar-refractivity contribution in [2.45, 2.75) is 139 Å². The summed E-state index contributed by atoms with van der Waals surface area (Å²) >= 11 is 0. The summed E-state index contributed by atoms with van der Waals surface area (Å²) in [4.78, 5) is 2.91. The van der Waals surface area contributed by atoms with Crippen molar-refractivity contribution in [3.05, 3.63) is 59.7 Å². The molecule has 0 amide bonds. The second kappa shape index (κ2) is 20.3. The summed E-state index contributed by atoms with van der Waals surface area (Å²) in [6, 6.07) is 18.2. The van der Waals surface area contributed by atoms with Gasteiger partial charge in [0.05, 0.1) is 0 Å². The fourth-order valence-electron chi connectivity index (χ4n) is 4.57. The minimum absolute atomic E-state index is 1.22. The Morgan fingerprint density at radius 3 is 1.12 bits per heavy atom. The average molecular weight is 499 g/mol. The molecule has 0 saturated carbocycles. The summed E-state index contributed by atoms with van der Waals surface area (Å²) in [7, 11) is 3.93. The van der Waals surface area contributed by atoms with Crippen molar-refractivity contribution >= 4 is 21.6 Å². The molecular formula is C32H50S2. The maximum Gasteiger partial charge on any atom is 0.0218 e. The molecule has 0 radical (unpaired) electrons. The summed E-state index contributed by atoms with van der Waals surface area (Å²) in [6.07, 6.45) is 24.7. The molecule has 2 heteroatoms. The number of benzene rings is 2. The smallest absolute Gasteiger partial charge is 0.0218 e. The number of aryl methyl sites for hydroxylation is 2. The second-order valence-electron chi connectivity index (χ2n) is 9.83. The number of hydrogen-bond acceptors (Lipinski definition) is 2. The van der Waals surface area contributed by atoms with E-state index >= 15 is 0 Å². The van der Waals surface area contributed by atoms with Crippen LogP contribution in [0.4, 0.5) is 0 Å². The monoisotopic (exact) mass is 498 g/mol. The van der Waals surface area contributed by atoms with Crippen LogP contribution in [0.5, 0.6) is 0 Å². The Morgan fingerprint density at radius 2 is 0.735 bits per heavy atom. The predicted octanol–water partition coefficient (Wildman–Crippen LogP) is 11.9. The Kier molecular flexibility index (Phi) is 17.6. The lowest BCUT2D eigenvalue weighted by Crippen LogP contribution is -1.90.